The number of hydrogen-bond acceptors (Lipinski definition) is 3. The van der Waals surface area contributed by atoms with Crippen LogP contribution >= 0.6 is 0 Å². The van der Waals surface area contributed by atoms with Crippen molar-refractivity contribution in [1.29, 1.82) is 0 Å². The van der Waals surface area contributed by atoms with Gasteiger partial charge < -0.3 is 9.47 Å². The van der Waals surface area contributed by atoms with Crippen molar-refractivity contribution in [2.45, 2.75) is 32.0 Å². The van der Waals surface area contributed by atoms with Crippen LogP contribution in [0.5, 0.6) is 0 Å². The van der Waals surface area contributed by atoms with Gasteiger partial charge in [-0.15, -0.1) is 0 Å². The van der Waals surface area contributed by atoms with Gasteiger partial charge in [-0.2, -0.15) is 0 Å². The fraction of sp³-hybridized carbons (Fsp3) is 0.462. The molecular formula is C13H16O3. The average molecular weight is 220 g/mol. The summed E-state index contributed by atoms with van der Waals surface area (Å²) in [6, 6.07) is 9.62. The third-order valence-electron chi connectivity index (χ3n) is 2.65. The maximum atomic E-state index is 11.6. The van der Waals surface area contributed by atoms with Gasteiger partial charge in [-0.05, 0) is 12.5 Å². The molecule has 2 rings (SSSR count). The van der Waals surface area contributed by atoms with Crippen molar-refractivity contribution >= 4 is 5.97 Å². The molecule has 3 nitrogen and oxygen atoms in total. The van der Waals surface area contributed by atoms with Crippen LogP contribution < -0.4 is 0 Å². The molecule has 86 valence electrons. The summed E-state index contributed by atoms with van der Waals surface area (Å²) >= 11 is 0. The van der Waals surface area contributed by atoms with E-state index in [9.17, 15) is 4.79 Å². The molecule has 0 amide bonds. The van der Waals surface area contributed by atoms with Crippen LogP contribution in [0.1, 0.15) is 18.9 Å². The first-order chi connectivity index (χ1) is 7.74. The number of ether oxygens (including phenoxy) is 2. The Morgan fingerprint density at radius 2 is 2.19 bits per heavy atom. The molecule has 0 saturated carbocycles. The highest BCUT2D eigenvalue weighted by Gasteiger charge is 2.25. The summed E-state index contributed by atoms with van der Waals surface area (Å²) in [7, 11) is 0. The van der Waals surface area contributed by atoms with E-state index < -0.39 is 0 Å². The van der Waals surface area contributed by atoms with Gasteiger partial charge in [0.15, 0.2) is 0 Å². The molecule has 0 bridgehead atoms. The highest BCUT2D eigenvalue weighted by atomic mass is 16.6. The summed E-state index contributed by atoms with van der Waals surface area (Å²) in [5.74, 6) is -0.172. The minimum absolute atomic E-state index is 0.0637. The monoisotopic (exact) mass is 220 g/mol. The predicted molar refractivity (Wildman–Crippen MR) is 60.1 cm³/mol. The van der Waals surface area contributed by atoms with Crippen LogP contribution in [-0.4, -0.2) is 24.8 Å². The normalized spacial score (nSPS) is 24.3. The van der Waals surface area contributed by atoms with Crippen LogP contribution in [0.2, 0.25) is 0 Å². The highest BCUT2D eigenvalue weighted by molar-refractivity contribution is 5.72. The maximum Gasteiger partial charge on any atom is 0.310 e. The Balaban J connectivity index is 1.81. The van der Waals surface area contributed by atoms with Gasteiger partial charge in [0, 0.05) is 6.42 Å². The van der Waals surface area contributed by atoms with E-state index in [1.54, 1.807) is 0 Å². The van der Waals surface area contributed by atoms with Crippen molar-refractivity contribution < 1.29 is 14.3 Å². The molecule has 1 fully saturated rings. The van der Waals surface area contributed by atoms with E-state index in [0.717, 1.165) is 12.0 Å². The molecule has 1 aromatic carbocycles. The Kier molecular flexibility index (Phi) is 3.57. The molecule has 0 spiro atoms. The van der Waals surface area contributed by atoms with Gasteiger partial charge >= 0.3 is 5.97 Å². The SMILES string of the molecule is C[C@H]1C[C@@H](OC(=O)Cc2ccccc2)CO1. The van der Waals surface area contributed by atoms with Gasteiger partial charge in [-0.3, -0.25) is 4.79 Å². The topological polar surface area (TPSA) is 35.5 Å². The summed E-state index contributed by atoms with van der Waals surface area (Å²) in [6.45, 7) is 2.52. The molecule has 0 aromatic heterocycles. The third-order valence-corrected chi connectivity index (χ3v) is 2.65. The van der Waals surface area contributed by atoms with Crippen LogP contribution in [0.4, 0.5) is 0 Å². The van der Waals surface area contributed by atoms with Crippen molar-refractivity contribution in [2.75, 3.05) is 6.61 Å². The molecule has 1 heterocycles. The van der Waals surface area contributed by atoms with Crippen molar-refractivity contribution in [3.05, 3.63) is 35.9 Å². The van der Waals surface area contributed by atoms with Crippen molar-refractivity contribution in [1.82, 2.24) is 0 Å². The molecule has 16 heavy (non-hydrogen) atoms. The van der Waals surface area contributed by atoms with Crippen molar-refractivity contribution in [3.8, 4) is 0 Å². The zero-order chi connectivity index (χ0) is 11.4. The summed E-state index contributed by atoms with van der Waals surface area (Å²) in [4.78, 5) is 11.6. The highest BCUT2D eigenvalue weighted by Crippen LogP contribution is 2.16. The molecule has 3 heteroatoms. The number of rotatable bonds is 3. The first kappa shape index (κ1) is 11.1. The van der Waals surface area contributed by atoms with E-state index >= 15 is 0 Å². The van der Waals surface area contributed by atoms with E-state index in [4.69, 9.17) is 9.47 Å². The quantitative estimate of drug-likeness (QED) is 0.730. The molecule has 1 aliphatic heterocycles. The second-order valence-electron chi connectivity index (χ2n) is 4.15. The smallest absolute Gasteiger partial charge is 0.310 e. The molecule has 2 atom stereocenters. The molecule has 0 aliphatic carbocycles. The zero-order valence-electron chi connectivity index (χ0n) is 9.39. The lowest BCUT2D eigenvalue weighted by atomic mass is 10.1. The Morgan fingerprint density at radius 3 is 2.81 bits per heavy atom. The predicted octanol–water partition coefficient (Wildman–Crippen LogP) is 1.95. The van der Waals surface area contributed by atoms with Crippen LogP contribution in [0.3, 0.4) is 0 Å². The van der Waals surface area contributed by atoms with Crippen LogP contribution in [-0.2, 0) is 20.7 Å². The maximum absolute atomic E-state index is 11.6. The molecule has 1 aromatic rings. The van der Waals surface area contributed by atoms with Gasteiger partial charge in [0.1, 0.15) is 6.10 Å². The van der Waals surface area contributed by atoms with E-state index in [1.165, 1.54) is 0 Å². The standard InChI is InChI=1S/C13H16O3/c1-10-7-12(9-15-10)16-13(14)8-11-5-3-2-4-6-11/h2-6,10,12H,7-9H2,1H3/t10-,12+/m0/s1. The zero-order valence-corrected chi connectivity index (χ0v) is 9.39. The molecule has 1 aliphatic rings. The fourth-order valence-electron chi connectivity index (χ4n) is 1.85. The van der Waals surface area contributed by atoms with Gasteiger partial charge in [0.05, 0.1) is 19.1 Å². The number of carbonyl (C=O) groups is 1. The largest absolute Gasteiger partial charge is 0.460 e. The lowest BCUT2D eigenvalue weighted by molar-refractivity contribution is -0.148. The van der Waals surface area contributed by atoms with Gasteiger partial charge in [0.25, 0.3) is 0 Å². The molecule has 0 radical (unpaired) electrons. The Morgan fingerprint density at radius 1 is 1.44 bits per heavy atom. The Hall–Kier alpha value is -1.35. The Labute approximate surface area is 95.4 Å². The summed E-state index contributed by atoms with van der Waals surface area (Å²) < 4.78 is 10.7. The summed E-state index contributed by atoms with van der Waals surface area (Å²) in [5, 5.41) is 0. The molecule has 0 unspecified atom stereocenters. The summed E-state index contributed by atoms with van der Waals surface area (Å²) in [6.07, 6.45) is 1.28. The van der Waals surface area contributed by atoms with Crippen molar-refractivity contribution in [3.63, 3.8) is 0 Å². The molecule has 0 N–H and O–H groups in total. The van der Waals surface area contributed by atoms with Crippen LogP contribution in [0.15, 0.2) is 30.3 Å². The van der Waals surface area contributed by atoms with E-state index in [-0.39, 0.29) is 18.2 Å². The number of carbonyl (C=O) groups excluding carboxylic acids is 1. The van der Waals surface area contributed by atoms with Gasteiger partial charge in [0.2, 0.25) is 0 Å². The van der Waals surface area contributed by atoms with Crippen LogP contribution in [0, 0.1) is 0 Å². The first-order valence-corrected chi connectivity index (χ1v) is 5.59. The minimum atomic E-state index is -0.172. The lowest BCUT2D eigenvalue weighted by Gasteiger charge is -2.09. The second-order valence-corrected chi connectivity index (χ2v) is 4.15. The van der Waals surface area contributed by atoms with Crippen molar-refractivity contribution in [2.24, 2.45) is 0 Å². The Bertz CT molecular complexity index is 347. The summed E-state index contributed by atoms with van der Waals surface area (Å²) in [5.41, 5.74) is 0.986. The average Bonchev–Trinajstić information content (AvgIpc) is 2.65. The van der Waals surface area contributed by atoms with Crippen LogP contribution in [0.25, 0.3) is 0 Å². The molecule has 1 saturated heterocycles. The fourth-order valence-corrected chi connectivity index (χ4v) is 1.85. The minimum Gasteiger partial charge on any atom is -0.460 e. The van der Waals surface area contributed by atoms with Gasteiger partial charge in [-0.25, -0.2) is 0 Å². The number of benzene rings is 1. The molecular weight excluding hydrogens is 204 g/mol. The first-order valence-electron chi connectivity index (χ1n) is 5.59. The lowest BCUT2D eigenvalue weighted by Crippen LogP contribution is -2.19. The third kappa shape index (κ3) is 3.07. The number of hydrogen-bond donors (Lipinski definition) is 0. The second kappa shape index (κ2) is 5.12. The number of esters is 1. The van der Waals surface area contributed by atoms with E-state index in [0.29, 0.717) is 13.0 Å². The van der Waals surface area contributed by atoms with E-state index in [1.807, 2.05) is 37.3 Å². The van der Waals surface area contributed by atoms with Gasteiger partial charge in [-0.1, -0.05) is 30.3 Å². The van der Waals surface area contributed by atoms with E-state index in [2.05, 4.69) is 0 Å².